The zero-order valence-electron chi connectivity index (χ0n) is 15.6. The summed E-state index contributed by atoms with van der Waals surface area (Å²) >= 11 is 6.18. The van der Waals surface area contributed by atoms with Crippen molar-refractivity contribution in [1.29, 1.82) is 0 Å². The van der Waals surface area contributed by atoms with Crippen LogP contribution in [-0.2, 0) is 27.4 Å². The number of ether oxygens (including phenoxy) is 1. The molecule has 3 aliphatic rings. The maximum Gasteiger partial charge on any atom is 0.230 e. The van der Waals surface area contributed by atoms with Crippen LogP contribution in [0, 0.1) is 11.8 Å². The quantitative estimate of drug-likeness (QED) is 0.769. The van der Waals surface area contributed by atoms with E-state index in [0.717, 1.165) is 11.1 Å². The molecule has 2 saturated heterocycles. The molecule has 0 saturated carbocycles. The highest BCUT2D eigenvalue weighted by atomic mass is 35.5. The van der Waals surface area contributed by atoms with Crippen molar-refractivity contribution >= 4 is 23.4 Å². The maximum absolute atomic E-state index is 13.2. The van der Waals surface area contributed by atoms with Crippen LogP contribution < -0.4 is 5.32 Å². The SMILES string of the molecule is O=C(NCc1ccccc1Cl)C1[C@@H]2C=C[C@@]3(CN(Cc4cccnc4)C(=O)[C@H]13)O2. The van der Waals surface area contributed by atoms with Crippen molar-refractivity contribution in [3.63, 3.8) is 0 Å². The van der Waals surface area contributed by atoms with Gasteiger partial charge in [-0.25, -0.2) is 0 Å². The van der Waals surface area contributed by atoms with Gasteiger partial charge in [-0.1, -0.05) is 48.0 Å². The van der Waals surface area contributed by atoms with Crippen LogP contribution in [0.25, 0.3) is 0 Å². The number of aromatic nitrogens is 1. The van der Waals surface area contributed by atoms with Gasteiger partial charge in [0.25, 0.3) is 0 Å². The maximum atomic E-state index is 13.2. The molecule has 1 N–H and O–H groups in total. The second-order valence-corrected chi connectivity index (χ2v) is 8.17. The Hall–Kier alpha value is -2.70. The molecule has 2 bridgehead atoms. The Labute approximate surface area is 173 Å². The summed E-state index contributed by atoms with van der Waals surface area (Å²) in [4.78, 5) is 32.1. The number of rotatable bonds is 5. The lowest BCUT2D eigenvalue weighted by atomic mass is 9.77. The Morgan fingerprint density at radius 2 is 2.17 bits per heavy atom. The number of nitrogens with zero attached hydrogens (tertiary/aromatic N) is 2. The minimum absolute atomic E-state index is 0.0430. The number of carbonyl (C=O) groups excluding carboxylic acids is 2. The molecule has 148 valence electrons. The lowest BCUT2D eigenvalue weighted by Crippen LogP contribution is -2.43. The van der Waals surface area contributed by atoms with Crippen molar-refractivity contribution in [2.24, 2.45) is 11.8 Å². The number of hydrogen-bond acceptors (Lipinski definition) is 4. The predicted molar refractivity (Wildman–Crippen MR) is 107 cm³/mol. The van der Waals surface area contributed by atoms with E-state index in [0.29, 0.717) is 24.7 Å². The summed E-state index contributed by atoms with van der Waals surface area (Å²) in [7, 11) is 0. The predicted octanol–water partition coefficient (Wildman–Crippen LogP) is 2.33. The zero-order chi connectivity index (χ0) is 20.0. The number of carbonyl (C=O) groups is 2. The Morgan fingerprint density at radius 3 is 2.97 bits per heavy atom. The summed E-state index contributed by atoms with van der Waals surface area (Å²) in [5.74, 6) is -1.25. The van der Waals surface area contributed by atoms with E-state index < -0.39 is 17.4 Å². The molecule has 1 spiro atoms. The molecule has 6 nitrogen and oxygen atoms in total. The van der Waals surface area contributed by atoms with Crippen molar-refractivity contribution < 1.29 is 14.3 Å². The van der Waals surface area contributed by atoms with Crippen molar-refractivity contribution in [3.8, 4) is 0 Å². The highest BCUT2D eigenvalue weighted by molar-refractivity contribution is 6.31. The molecule has 2 aromatic rings. The molecule has 1 aromatic carbocycles. The molecular formula is C22H20ClN3O3. The molecule has 5 rings (SSSR count). The molecule has 29 heavy (non-hydrogen) atoms. The number of pyridine rings is 1. The van der Waals surface area contributed by atoms with E-state index in [1.807, 2.05) is 42.5 Å². The summed E-state index contributed by atoms with van der Waals surface area (Å²) in [6, 6.07) is 11.2. The third kappa shape index (κ3) is 3.03. The lowest BCUT2D eigenvalue weighted by molar-refractivity contribution is -0.137. The monoisotopic (exact) mass is 409 g/mol. The van der Waals surface area contributed by atoms with Crippen LogP contribution in [0.4, 0.5) is 0 Å². The van der Waals surface area contributed by atoms with E-state index >= 15 is 0 Å². The molecule has 4 heterocycles. The number of amides is 2. The number of halogens is 1. The first kappa shape index (κ1) is 18.3. The van der Waals surface area contributed by atoms with E-state index in [4.69, 9.17) is 16.3 Å². The van der Waals surface area contributed by atoms with Crippen molar-refractivity contribution in [1.82, 2.24) is 15.2 Å². The highest BCUT2D eigenvalue weighted by Crippen LogP contribution is 2.52. The van der Waals surface area contributed by atoms with Gasteiger partial charge in [0.1, 0.15) is 5.60 Å². The van der Waals surface area contributed by atoms with Gasteiger partial charge in [-0.2, -0.15) is 0 Å². The minimum Gasteiger partial charge on any atom is -0.360 e. The summed E-state index contributed by atoms with van der Waals surface area (Å²) in [5, 5.41) is 3.55. The number of fused-ring (bicyclic) bond motifs is 1. The van der Waals surface area contributed by atoms with Crippen LogP contribution >= 0.6 is 11.6 Å². The Kier molecular flexibility index (Phi) is 4.41. The highest BCUT2D eigenvalue weighted by Gasteiger charge is 2.66. The molecule has 3 aliphatic heterocycles. The molecule has 7 heteroatoms. The van der Waals surface area contributed by atoms with Crippen molar-refractivity contribution in [2.75, 3.05) is 6.54 Å². The topological polar surface area (TPSA) is 71.5 Å². The van der Waals surface area contributed by atoms with Crippen LogP contribution in [-0.4, -0.2) is 39.9 Å². The molecule has 2 amide bonds. The van der Waals surface area contributed by atoms with Crippen LogP contribution in [0.1, 0.15) is 11.1 Å². The molecule has 0 radical (unpaired) electrons. The Morgan fingerprint density at radius 1 is 1.31 bits per heavy atom. The molecule has 1 unspecified atom stereocenters. The Bertz CT molecular complexity index is 996. The van der Waals surface area contributed by atoms with Crippen LogP contribution in [0.5, 0.6) is 0 Å². The van der Waals surface area contributed by atoms with Gasteiger partial charge in [-0.15, -0.1) is 0 Å². The second-order valence-electron chi connectivity index (χ2n) is 7.76. The first-order valence-corrected chi connectivity index (χ1v) is 10.0. The molecule has 0 aliphatic carbocycles. The van der Waals surface area contributed by atoms with E-state index in [9.17, 15) is 9.59 Å². The minimum atomic E-state index is -0.712. The molecule has 1 aromatic heterocycles. The van der Waals surface area contributed by atoms with Gasteiger partial charge in [0.05, 0.1) is 24.5 Å². The number of benzene rings is 1. The van der Waals surface area contributed by atoms with Crippen LogP contribution in [0.3, 0.4) is 0 Å². The van der Waals surface area contributed by atoms with Crippen molar-refractivity contribution in [3.05, 3.63) is 77.1 Å². The fourth-order valence-electron chi connectivity index (χ4n) is 4.67. The number of likely N-dealkylation sites (tertiary alicyclic amines) is 1. The lowest BCUT2D eigenvalue weighted by Gasteiger charge is -2.23. The third-order valence-electron chi connectivity index (χ3n) is 5.99. The number of nitrogens with one attached hydrogen (secondary N) is 1. The van der Waals surface area contributed by atoms with Gasteiger partial charge in [-0.05, 0) is 23.3 Å². The van der Waals surface area contributed by atoms with Gasteiger partial charge < -0.3 is 15.0 Å². The van der Waals surface area contributed by atoms with Crippen LogP contribution in [0.15, 0.2) is 60.9 Å². The first-order valence-electron chi connectivity index (χ1n) is 9.63. The second kappa shape index (κ2) is 6.97. The average Bonchev–Trinajstić information content (AvgIpc) is 3.36. The van der Waals surface area contributed by atoms with E-state index in [1.165, 1.54) is 0 Å². The van der Waals surface area contributed by atoms with E-state index in [-0.39, 0.29) is 17.9 Å². The van der Waals surface area contributed by atoms with Gasteiger partial charge in [0, 0.05) is 30.5 Å². The van der Waals surface area contributed by atoms with Gasteiger partial charge >= 0.3 is 0 Å². The van der Waals surface area contributed by atoms with Gasteiger partial charge in [-0.3, -0.25) is 14.6 Å². The largest absolute Gasteiger partial charge is 0.360 e. The van der Waals surface area contributed by atoms with Gasteiger partial charge in [0.15, 0.2) is 0 Å². The third-order valence-corrected chi connectivity index (χ3v) is 6.36. The summed E-state index contributed by atoms with van der Waals surface area (Å²) in [5.41, 5.74) is 1.08. The summed E-state index contributed by atoms with van der Waals surface area (Å²) in [6.45, 7) is 1.23. The van der Waals surface area contributed by atoms with E-state index in [2.05, 4.69) is 10.3 Å². The fraction of sp³-hybridized carbons (Fsp3) is 0.318. The molecular weight excluding hydrogens is 390 g/mol. The standard InChI is InChI=1S/C22H20ClN3O3/c23-16-6-2-1-5-15(16)11-25-20(27)18-17-7-8-22(29-17)13-26(21(28)19(18)22)12-14-4-3-9-24-10-14/h1-10,17-19H,11-13H2,(H,25,27)/t17-,18?,19-,22-/m0/s1. The van der Waals surface area contributed by atoms with Crippen LogP contribution in [0.2, 0.25) is 5.02 Å². The van der Waals surface area contributed by atoms with Crippen molar-refractivity contribution in [2.45, 2.75) is 24.8 Å². The zero-order valence-corrected chi connectivity index (χ0v) is 16.4. The fourth-order valence-corrected chi connectivity index (χ4v) is 4.87. The molecule has 2 fully saturated rings. The summed E-state index contributed by atoms with van der Waals surface area (Å²) in [6.07, 6.45) is 6.96. The Balaban J connectivity index is 1.33. The number of hydrogen-bond donors (Lipinski definition) is 1. The average molecular weight is 410 g/mol. The first-order chi connectivity index (χ1) is 14.1. The normalized spacial score (nSPS) is 29.3. The van der Waals surface area contributed by atoms with E-state index in [1.54, 1.807) is 23.4 Å². The molecule has 4 atom stereocenters. The van der Waals surface area contributed by atoms with Gasteiger partial charge in [0.2, 0.25) is 11.8 Å². The summed E-state index contributed by atoms with van der Waals surface area (Å²) < 4.78 is 6.16. The smallest absolute Gasteiger partial charge is 0.230 e.